The molecule has 0 heterocycles. The number of carbonyl (C=O) groups is 1. The van der Waals surface area contributed by atoms with Gasteiger partial charge in [0.05, 0.1) is 0 Å². The van der Waals surface area contributed by atoms with Gasteiger partial charge in [0, 0.05) is 6.54 Å². The number of hydrogen-bond acceptors (Lipinski definition) is 1. The van der Waals surface area contributed by atoms with Crippen molar-refractivity contribution in [2.45, 2.75) is 12.8 Å². The maximum absolute atomic E-state index is 11.7. The molecule has 0 bridgehead atoms. The van der Waals surface area contributed by atoms with Crippen molar-refractivity contribution >= 4 is 6.03 Å². The van der Waals surface area contributed by atoms with Gasteiger partial charge in [-0.15, -0.1) is 0 Å². The van der Waals surface area contributed by atoms with Crippen LogP contribution in [0.25, 0.3) is 0 Å². The molecule has 0 saturated heterocycles. The van der Waals surface area contributed by atoms with Gasteiger partial charge < -0.3 is 5.32 Å². The lowest BCUT2D eigenvalue weighted by molar-refractivity contribution is -0.145. The van der Waals surface area contributed by atoms with Gasteiger partial charge in [-0.25, -0.2) is 10.1 Å². The predicted octanol–water partition coefficient (Wildman–Crippen LogP) is 2.01. The number of alkyl halides is 3. The SMILES string of the molecule is O=C(NCc1ccccc1)NC(F)(F)F. The molecule has 0 radical (unpaired) electrons. The van der Waals surface area contributed by atoms with Gasteiger partial charge in [-0.2, -0.15) is 13.2 Å². The Morgan fingerprint density at radius 2 is 1.80 bits per heavy atom. The minimum absolute atomic E-state index is 0.0583. The van der Waals surface area contributed by atoms with Crippen LogP contribution in [0.15, 0.2) is 30.3 Å². The summed E-state index contributed by atoms with van der Waals surface area (Å²) in [6, 6.07) is 7.39. The van der Waals surface area contributed by atoms with E-state index < -0.39 is 12.3 Å². The number of halogens is 3. The number of amides is 2. The van der Waals surface area contributed by atoms with E-state index in [1.165, 1.54) is 0 Å². The summed E-state index contributed by atoms with van der Waals surface area (Å²) in [6.45, 7) is 0.0583. The van der Waals surface area contributed by atoms with Crippen LogP contribution >= 0.6 is 0 Å². The monoisotopic (exact) mass is 218 g/mol. The van der Waals surface area contributed by atoms with Crippen LogP contribution < -0.4 is 10.6 Å². The van der Waals surface area contributed by atoms with E-state index in [2.05, 4.69) is 5.32 Å². The largest absolute Gasteiger partial charge is 0.485 e. The first kappa shape index (κ1) is 11.4. The molecule has 0 aliphatic carbocycles. The molecule has 0 aliphatic heterocycles. The predicted molar refractivity (Wildman–Crippen MR) is 47.9 cm³/mol. The second-order valence-electron chi connectivity index (χ2n) is 2.79. The second-order valence-corrected chi connectivity index (χ2v) is 2.79. The van der Waals surface area contributed by atoms with Crippen molar-refractivity contribution in [2.24, 2.45) is 0 Å². The Balaban J connectivity index is 2.35. The Morgan fingerprint density at radius 1 is 1.20 bits per heavy atom. The lowest BCUT2D eigenvalue weighted by Gasteiger charge is -2.09. The van der Waals surface area contributed by atoms with Gasteiger partial charge in [-0.05, 0) is 5.56 Å². The summed E-state index contributed by atoms with van der Waals surface area (Å²) in [4.78, 5) is 10.7. The zero-order valence-electron chi connectivity index (χ0n) is 7.64. The summed E-state index contributed by atoms with van der Waals surface area (Å²) >= 11 is 0. The van der Waals surface area contributed by atoms with E-state index in [0.717, 1.165) is 10.9 Å². The van der Waals surface area contributed by atoms with Crippen LogP contribution in [-0.4, -0.2) is 12.3 Å². The number of rotatable bonds is 2. The Hall–Kier alpha value is -1.72. The molecule has 0 aliphatic rings. The van der Waals surface area contributed by atoms with Crippen molar-refractivity contribution in [3.63, 3.8) is 0 Å². The fraction of sp³-hybridized carbons (Fsp3) is 0.222. The Kier molecular flexibility index (Phi) is 3.54. The standard InChI is InChI=1S/C9H9F3N2O/c10-9(11,12)14-8(15)13-6-7-4-2-1-3-5-7/h1-5H,6H2,(H2,13,14,15). The smallest absolute Gasteiger partial charge is 0.334 e. The molecule has 0 aromatic heterocycles. The third kappa shape index (κ3) is 4.90. The van der Waals surface area contributed by atoms with E-state index >= 15 is 0 Å². The minimum atomic E-state index is -4.69. The Labute approximate surface area is 84.3 Å². The fourth-order valence-electron chi connectivity index (χ4n) is 0.951. The van der Waals surface area contributed by atoms with Gasteiger partial charge in [0.2, 0.25) is 0 Å². The van der Waals surface area contributed by atoms with Crippen molar-refractivity contribution in [2.75, 3.05) is 0 Å². The van der Waals surface area contributed by atoms with Crippen LogP contribution in [0, 0.1) is 0 Å². The zero-order valence-corrected chi connectivity index (χ0v) is 7.64. The molecule has 0 unspecified atom stereocenters. The van der Waals surface area contributed by atoms with Crippen LogP contribution in [0.3, 0.4) is 0 Å². The maximum atomic E-state index is 11.7. The Morgan fingerprint density at radius 3 is 2.33 bits per heavy atom. The van der Waals surface area contributed by atoms with E-state index in [1.807, 2.05) is 0 Å². The van der Waals surface area contributed by atoms with Crippen LogP contribution in [0.5, 0.6) is 0 Å². The highest BCUT2D eigenvalue weighted by Crippen LogP contribution is 2.08. The first-order chi connectivity index (χ1) is 6.97. The highest BCUT2D eigenvalue weighted by Gasteiger charge is 2.29. The Bertz CT molecular complexity index is 324. The van der Waals surface area contributed by atoms with Gasteiger partial charge in [-0.1, -0.05) is 30.3 Å². The zero-order chi connectivity index (χ0) is 11.3. The van der Waals surface area contributed by atoms with Gasteiger partial charge in [0.25, 0.3) is 0 Å². The lowest BCUT2D eigenvalue weighted by Crippen LogP contribution is -2.43. The molecule has 3 nitrogen and oxygen atoms in total. The lowest BCUT2D eigenvalue weighted by atomic mass is 10.2. The van der Waals surface area contributed by atoms with Crippen LogP contribution in [0.4, 0.5) is 18.0 Å². The molecule has 82 valence electrons. The van der Waals surface area contributed by atoms with Crippen LogP contribution in [-0.2, 0) is 6.54 Å². The summed E-state index contributed by atoms with van der Waals surface area (Å²) in [6.07, 6.45) is -4.69. The summed E-state index contributed by atoms with van der Waals surface area (Å²) in [5.74, 6) is 0. The summed E-state index contributed by atoms with van der Waals surface area (Å²) < 4.78 is 35.0. The molecule has 2 amide bonds. The van der Waals surface area contributed by atoms with E-state index in [4.69, 9.17) is 0 Å². The van der Waals surface area contributed by atoms with E-state index in [0.29, 0.717) is 0 Å². The van der Waals surface area contributed by atoms with Gasteiger partial charge in [0.15, 0.2) is 0 Å². The normalized spacial score (nSPS) is 10.9. The summed E-state index contributed by atoms with van der Waals surface area (Å²) in [5, 5.41) is 2.92. The van der Waals surface area contributed by atoms with E-state index in [9.17, 15) is 18.0 Å². The number of benzene rings is 1. The van der Waals surface area contributed by atoms with Crippen LogP contribution in [0.1, 0.15) is 5.56 Å². The molecule has 1 rings (SSSR count). The highest BCUT2D eigenvalue weighted by atomic mass is 19.4. The fourth-order valence-corrected chi connectivity index (χ4v) is 0.951. The topological polar surface area (TPSA) is 41.1 Å². The number of nitrogens with one attached hydrogen (secondary N) is 2. The number of hydrogen-bond donors (Lipinski definition) is 2. The maximum Gasteiger partial charge on any atom is 0.485 e. The second kappa shape index (κ2) is 4.68. The molecule has 1 aromatic rings. The molecular weight excluding hydrogens is 209 g/mol. The molecule has 1 aromatic carbocycles. The highest BCUT2D eigenvalue weighted by molar-refractivity contribution is 5.74. The molecule has 15 heavy (non-hydrogen) atoms. The van der Waals surface area contributed by atoms with Crippen molar-refractivity contribution in [1.82, 2.24) is 10.6 Å². The summed E-state index contributed by atoms with van der Waals surface area (Å²) in [5.41, 5.74) is 0.731. The van der Waals surface area contributed by atoms with Crippen LogP contribution in [0.2, 0.25) is 0 Å². The average molecular weight is 218 g/mol. The molecule has 0 atom stereocenters. The van der Waals surface area contributed by atoms with Gasteiger partial charge >= 0.3 is 12.3 Å². The third-order valence-electron chi connectivity index (χ3n) is 1.55. The molecule has 2 N–H and O–H groups in total. The summed E-state index contributed by atoms with van der Waals surface area (Å²) in [7, 11) is 0. The van der Waals surface area contributed by atoms with Gasteiger partial charge in [-0.3, -0.25) is 0 Å². The van der Waals surface area contributed by atoms with Crippen molar-refractivity contribution < 1.29 is 18.0 Å². The molecule has 6 heteroatoms. The first-order valence-corrected chi connectivity index (χ1v) is 4.14. The third-order valence-corrected chi connectivity index (χ3v) is 1.55. The van der Waals surface area contributed by atoms with E-state index in [1.54, 1.807) is 30.3 Å². The minimum Gasteiger partial charge on any atom is -0.334 e. The molecular formula is C9H9F3N2O. The van der Waals surface area contributed by atoms with Crippen molar-refractivity contribution in [3.8, 4) is 0 Å². The number of urea groups is 1. The molecule has 0 spiro atoms. The number of carbonyl (C=O) groups excluding carboxylic acids is 1. The first-order valence-electron chi connectivity index (χ1n) is 4.14. The van der Waals surface area contributed by atoms with Gasteiger partial charge in [0.1, 0.15) is 0 Å². The molecule has 0 fully saturated rings. The quantitative estimate of drug-likeness (QED) is 0.732. The van der Waals surface area contributed by atoms with Crippen molar-refractivity contribution in [1.29, 1.82) is 0 Å². The van der Waals surface area contributed by atoms with E-state index in [-0.39, 0.29) is 6.54 Å². The van der Waals surface area contributed by atoms with Crippen molar-refractivity contribution in [3.05, 3.63) is 35.9 Å². The molecule has 0 saturated carbocycles. The average Bonchev–Trinajstić information content (AvgIpc) is 2.14.